The van der Waals surface area contributed by atoms with Crippen LogP contribution in [0.3, 0.4) is 0 Å². The normalized spacial score (nSPS) is 10.4. The van der Waals surface area contributed by atoms with Crippen LogP contribution in [0.5, 0.6) is 0 Å². The quantitative estimate of drug-likeness (QED) is 0.373. The van der Waals surface area contributed by atoms with Gasteiger partial charge in [0.1, 0.15) is 17.5 Å². The van der Waals surface area contributed by atoms with Crippen LogP contribution < -0.4 is 21.3 Å². The average molecular weight is 427 g/mol. The maximum absolute atomic E-state index is 12.9. The van der Waals surface area contributed by atoms with Gasteiger partial charge in [-0.05, 0) is 41.3 Å². The summed E-state index contributed by atoms with van der Waals surface area (Å²) < 4.78 is 0. The van der Waals surface area contributed by atoms with E-state index in [9.17, 15) is 9.59 Å². The zero-order valence-electron chi connectivity index (χ0n) is 17.3. The predicted octanol–water partition coefficient (Wildman–Crippen LogP) is 3.64. The van der Waals surface area contributed by atoms with Crippen molar-refractivity contribution < 1.29 is 9.59 Å². The second kappa shape index (κ2) is 9.52. The van der Waals surface area contributed by atoms with Crippen molar-refractivity contribution in [2.75, 3.05) is 23.0 Å². The van der Waals surface area contributed by atoms with Gasteiger partial charge in [-0.2, -0.15) is 0 Å². The number of rotatable bonds is 6. The average Bonchev–Trinajstić information content (AvgIpc) is 2.83. The molecule has 0 spiro atoms. The molecule has 9 heteroatoms. The molecule has 1 aromatic carbocycles. The Morgan fingerprint density at radius 3 is 2.50 bits per heavy atom. The highest BCUT2D eigenvalue weighted by atomic mass is 16.2. The number of anilines is 3. The molecule has 32 heavy (non-hydrogen) atoms. The predicted molar refractivity (Wildman–Crippen MR) is 124 cm³/mol. The lowest BCUT2D eigenvalue weighted by molar-refractivity contribution is 0.102. The van der Waals surface area contributed by atoms with Crippen molar-refractivity contribution in [2.45, 2.75) is 6.54 Å². The molecule has 3 amide bonds. The van der Waals surface area contributed by atoms with Crippen molar-refractivity contribution in [3.63, 3.8) is 0 Å². The van der Waals surface area contributed by atoms with Crippen LogP contribution in [0.4, 0.5) is 22.2 Å². The molecule has 0 aliphatic rings. The van der Waals surface area contributed by atoms with E-state index in [0.29, 0.717) is 29.6 Å². The zero-order chi connectivity index (χ0) is 22.3. The number of fused-ring (bicyclic) bond motifs is 1. The molecule has 0 fully saturated rings. The summed E-state index contributed by atoms with van der Waals surface area (Å²) in [7, 11) is 1.53. The van der Waals surface area contributed by atoms with E-state index in [1.165, 1.54) is 7.05 Å². The second-order valence-corrected chi connectivity index (χ2v) is 6.88. The van der Waals surface area contributed by atoms with Crippen LogP contribution in [-0.4, -0.2) is 33.9 Å². The SMILES string of the molecule is CNC(=O)Nc1cc(CNc2ncccc2C(=O)Nc2cc3ccccc3cn2)ccn1. The molecule has 160 valence electrons. The first-order valence-corrected chi connectivity index (χ1v) is 9.91. The standard InChI is InChI=1S/C23H21N7O2/c1-24-23(32)30-19-11-15(8-10-25-19)13-28-21-18(7-4-9-26-21)22(31)29-20-12-16-5-2-3-6-17(16)14-27-20/h2-12,14H,13H2,1H3,(H,26,28)(H,27,29,31)(H2,24,25,30,32). The first-order valence-electron chi connectivity index (χ1n) is 9.91. The maximum atomic E-state index is 12.9. The Balaban J connectivity index is 1.47. The molecular weight excluding hydrogens is 406 g/mol. The first-order chi connectivity index (χ1) is 15.6. The molecule has 0 aliphatic heterocycles. The molecule has 0 aliphatic carbocycles. The highest BCUT2D eigenvalue weighted by Crippen LogP contribution is 2.19. The number of carbonyl (C=O) groups is 2. The second-order valence-electron chi connectivity index (χ2n) is 6.88. The summed E-state index contributed by atoms with van der Waals surface area (Å²) in [4.78, 5) is 37.1. The molecular formula is C23H21N7O2. The van der Waals surface area contributed by atoms with Crippen molar-refractivity contribution in [1.29, 1.82) is 0 Å². The molecule has 4 rings (SSSR count). The fourth-order valence-corrected chi connectivity index (χ4v) is 3.08. The molecule has 3 aromatic heterocycles. The van der Waals surface area contributed by atoms with Gasteiger partial charge in [0.15, 0.2) is 0 Å². The number of carbonyl (C=O) groups excluding carboxylic acids is 2. The van der Waals surface area contributed by atoms with Crippen LogP contribution in [0.25, 0.3) is 10.8 Å². The van der Waals surface area contributed by atoms with Gasteiger partial charge < -0.3 is 16.0 Å². The molecule has 0 atom stereocenters. The van der Waals surface area contributed by atoms with Crippen molar-refractivity contribution in [2.24, 2.45) is 0 Å². The molecule has 0 saturated carbocycles. The molecule has 0 unspecified atom stereocenters. The minimum absolute atomic E-state index is 0.319. The fourth-order valence-electron chi connectivity index (χ4n) is 3.08. The largest absolute Gasteiger partial charge is 0.365 e. The zero-order valence-corrected chi connectivity index (χ0v) is 17.3. The number of pyridine rings is 3. The van der Waals surface area contributed by atoms with Crippen molar-refractivity contribution >= 4 is 40.2 Å². The van der Waals surface area contributed by atoms with Crippen molar-refractivity contribution in [3.8, 4) is 0 Å². The topological polar surface area (TPSA) is 121 Å². The fraction of sp³-hybridized carbons (Fsp3) is 0.0870. The van der Waals surface area contributed by atoms with Gasteiger partial charge in [0.05, 0.1) is 5.56 Å². The van der Waals surface area contributed by atoms with E-state index >= 15 is 0 Å². The Morgan fingerprint density at radius 1 is 0.844 bits per heavy atom. The summed E-state index contributed by atoms with van der Waals surface area (Å²) in [6, 6.07) is 16.2. The van der Waals surface area contributed by atoms with Gasteiger partial charge in [-0.3, -0.25) is 10.1 Å². The van der Waals surface area contributed by atoms with Gasteiger partial charge in [0.25, 0.3) is 5.91 Å². The van der Waals surface area contributed by atoms with Gasteiger partial charge in [0.2, 0.25) is 0 Å². The highest BCUT2D eigenvalue weighted by molar-refractivity contribution is 6.07. The number of urea groups is 1. The van der Waals surface area contributed by atoms with Gasteiger partial charge in [-0.1, -0.05) is 24.3 Å². The molecule has 4 aromatic rings. The van der Waals surface area contributed by atoms with E-state index in [0.717, 1.165) is 16.3 Å². The van der Waals surface area contributed by atoms with E-state index in [2.05, 4.69) is 36.2 Å². The Kier molecular flexibility index (Phi) is 6.17. The summed E-state index contributed by atoms with van der Waals surface area (Å²) in [5.74, 6) is 0.996. The third-order valence-electron chi connectivity index (χ3n) is 4.68. The lowest BCUT2D eigenvalue weighted by Crippen LogP contribution is -2.25. The summed E-state index contributed by atoms with van der Waals surface area (Å²) >= 11 is 0. The molecule has 0 radical (unpaired) electrons. The van der Waals surface area contributed by atoms with Gasteiger partial charge in [-0.15, -0.1) is 0 Å². The Morgan fingerprint density at radius 2 is 1.66 bits per heavy atom. The number of nitrogens with zero attached hydrogens (tertiary/aromatic N) is 3. The smallest absolute Gasteiger partial charge is 0.320 e. The summed E-state index contributed by atoms with van der Waals surface area (Å²) in [5.41, 5.74) is 1.25. The Hall–Kier alpha value is -4.53. The summed E-state index contributed by atoms with van der Waals surface area (Å²) in [6.45, 7) is 0.385. The minimum atomic E-state index is -0.353. The lowest BCUT2D eigenvalue weighted by Gasteiger charge is -2.12. The van der Waals surface area contributed by atoms with Crippen LogP contribution in [0, 0.1) is 0 Å². The Bertz CT molecular complexity index is 1280. The van der Waals surface area contributed by atoms with Gasteiger partial charge in [0, 0.05) is 37.6 Å². The molecule has 0 saturated heterocycles. The third-order valence-corrected chi connectivity index (χ3v) is 4.68. The minimum Gasteiger partial charge on any atom is -0.365 e. The van der Waals surface area contributed by atoms with Crippen LogP contribution in [-0.2, 0) is 6.54 Å². The van der Waals surface area contributed by atoms with Crippen LogP contribution in [0.2, 0.25) is 0 Å². The number of benzene rings is 1. The van der Waals surface area contributed by atoms with E-state index < -0.39 is 0 Å². The molecule has 3 heterocycles. The highest BCUT2D eigenvalue weighted by Gasteiger charge is 2.13. The third kappa shape index (κ3) is 4.96. The first kappa shape index (κ1) is 20.7. The van der Waals surface area contributed by atoms with Crippen LogP contribution in [0.15, 0.2) is 73.2 Å². The number of hydrogen-bond donors (Lipinski definition) is 4. The van der Waals surface area contributed by atoms with Crippen LogP contribution >= 0.6 is 0 Å². The number of amides is 3. The van der Waals surface area contributed by atoms with Crippen molar-refractivity contribution in [1.82, 2.24) is 20.3 Å². The van der Waals surface area contributed by atoms with Gasteiger partial charge in [-0.25, -0.2) is 19.7 Å². The van der Waals surface area contributed by atoms with Gasteiger partial charge >= 0.3 is 6.03 Å². The van der Waals surface area contributed by atoms with Crippen molar-refractivity contribution in [3.05, 3.63) is 84.3 Å². The number of hydrogen-bond acceptors (Lipinski definition) is 6. The molecule has 0 bridgehead atoms. The van der Waals surface area contributed by atoms with E-state index in [1.807, 2.05) is 36.4 Å². The lowest BCUT2D eigenvalue weighted by atomic mass is 10.2. The van der Waals surface area contributed by atoms with E-state index in [-0.39, 0.29) is 11.9 Å². The summed E-state index contributed by atoms with van der Waals surface area (Å²) in [5, 5.41) is 13.1. The van der Waals surface area contributed by atoms with E-state index in [4.69, 9.17) is 0 Å². The Labute approximate surface area is 184 Å². The summed E-state index contributed by atoms with van der Waals surface area (Å²) in [6.07, 6.45) is 4.93. The van der Waals surface area contributed by atoms with E-state index in [1.54, 1.807) is 36.8 Å². The maximum Gasteiger partial charge on any atom is 0.320 e. The van der Waals surface area contributed by atoms with Crippen LogP contribution in [0.1, 0.15) is 15.9 Å². The monoisotopic (exact) mass is 427 g/mol. The number of nitrogens with one attached hydrogen (secondary N) is 4. The number of aromatic nitrogens is 3. The molecule has 9 nitrogen and oxygen atoms in total. The molecule has 4 N–H and O–H groups in total.